The number of nitrogens with zero attached hydrogens (tertiary/aromatic N) is 1. The second kappa shape index (κ2) is 5.47. The van der Waals surface area contributed by atoms with Gasteiger partial charge in [-0.2, -0.15) is 0 Å². The first-order chi connectivity index (χ1) is 6.25. The summed E-state index contributed by atoms with van der Waals surface area (Å²) in [7, 11) is 5.62. The smallest absolute Gasteiger partial charge is 0.230 e. The summed E-state index contributed by atoms with van der Waals surface area (Å²) in [5.74, 6) is 0. The SMILES string of the molecule is [B]n1c([C-]=O)c(N)c2ccccc21.[CH3-].[Y]. The van der Waals surface area contributed by atoms with Crippen LogP contribution in [0.5, 0.6) is 0 Å². The topological polar surface area (TPSA) is 48.0 Å². The zero-order chi connectivity index (χ0) is 9.42. The normalized spacial score (nSPS) is 9.07. The number of benzene rings is 1. The molecule has 0 saturated carbocycles. The first kappa shape index (κ1) is 14.4. The third-order valence-corrected chi connectivity index (χ3v) is 2.05. The van der Waals surface area contributed by atoms with Crippen LogP contribution in [0.25, 0.3) is 10.9 Å². The average molecular weight is 273 g/mol. The Morgan fingerprint density at radius 2 is 1.93 bits per heavy atom. The molecule has 3 radical (unpaired) electrons. The molecule has 0 aliphatic rings. The van der Waals surface area contributed by atoms with Crippen molar-refractivity contribution in [2.75, 3.05) is 5.73 Å². The zero-order valence-corrected chi connectivity index (χ0v) is 11.2. The van der Waals surface area contributed by atoms with Gasteiger partial charge in [0.05, 0.1) is 0 Å². The molecule has 0 spiro atoms. The van der Waals surface area contributed by atoms with Crippen molar-refractivity contribution in [1.29, 1.82) is 0 Å². The summed E-state index contributed by atoms with van der Waals surface area (Å²) < 4.78 is 1.25. The molecule has 1 aromatic heterocycles. The Hall–Kier alpha value is -0.601. The fourth-order valence-electron chi connectivity index (χ4n) is 1.39. The predicted molar refractivity (Wildman–Crippen MR) is 58.7 cm³/mol. The summed E-state index contributed by atoms with van der Waals surface area (Å²) in [5, 5.41) is 0.781. The van der Waals surface area contributed by atoms with Crippen LogP contribution in [-0.4, -0.2) is 18.7 Å². The molecule has 3 nitrogen and oxygen atoms in total. The van der Waals surface area contributed by atoms with E-state index in [1.165, 1.54) is 4.48 Å². The van der Waals surface area contributed by atoms with Crippen molar-refractivity contribution in [3.63, 3.8) is 0 Å². The summed E-state index contributed by atoms with van der Waals surface area (Å²) in [6.45, 7) is 0. The number of fused-ring (bicyclic) bond motifs is 1. The molecule has 0 aliphatic carbocycles. The van der Waals surface area contributed by atoms with E-state index in [4.69, 9.17) is 13.7 Å². The summed E-state index contributed by atoms with van der Waals surface area (Å²) in [5.41, 5.74) is 7.00. The Morgan fingerprint density at radius 3 is 2.47 bits per heavy atom. The van der Waals surface area contributed by atoms with Gasteiger partial charge >= 0.3 is 0 Å². The van der Waals surface area contributed by atoms with E-state index < -0.39 is 0 Å². The summed E-state index contributed by atoms with van der Waals surface area (Å²) >= 11 is 0. The maximum absolute atomic E-state index is 10.5. The van der Waals surface area contributed by atoms with Crippen LogP contribution in [-0.2, 0) is 37.5 Å². The first-order valence-corrected chi connectivity index (χ1v) is 3.78. The van der Waals surface area contributed by atoms with E-state index in [0.29, 0.717) is 5.69 Å². The molecule has 0 atom stereocenters. The van der Waals surface area contributed by atoms with Crippen LogP contribution in [0.2, 0.25) is 0 Å². The van der Waals surface area contributed by atoms with Gasteiger partial charge in [-0.05, 0) is 6.07 Å². The van der Waals surface area contributed by atoms with Crippen molar-refractivity contribution in [2.24, 2.45) is 0 Å². The molecular formula is C10H9BN2OY-2. The maximum atomic E-state index is 10.5. The van der Waals surface area contributed by atoms with E-state index in [1.807, 2.05) is 18.2 Å². The molecule has 0 unspecified atom stereocenters. The van der Waals surface area contributed by atoms with Crippen molar-refractivity contribution in [1.82, 2.24) is 4.48 Å². The molecule has 1 aromatic carbocycles. The van der Waals surface area contributed by atoms with E-state index in [9.17, 15) is 4.79 Å². The molecule has 73 valence electrons. The number of carbonyl (C=O) groups excluding carboxylic acids is 1. The fourth-order valence-corrected chi connectivity index (χ4v) is 1.39. The first-order valence-electron chi connectivity index (χ1n) is 3.78. The molecule has 5 heteroatoms. The molecule has 2 aromatic rings. The van der Waals surface area contributed by atoms with Crippen LogP contribution in [0.1, 0.15) is 5.69 Å². The third kappa shape index (κ3) is 2.16. The number of nitrogen functional groups attached to an aromatic ring is 1. The molecule has 15 heavy (non-hydrogen) atoms. The van der Waals surface area contributed by atoms with Crippen LogP contribution in [0.3, 0.4) is 0 Å². The minimum atomic E-state index is 0. The Kier molecular flexibility index (Phi) is 5.25. The average Bonchev–Trinajstić information content (AvgIpc) is 2.41. The molecule has 0 saturated heterocycles. The Balaban J connectivity index is 0.000000980. The molecule has 2 N–H and O–H groups in total. The summed E-state index contributed by atoms with van der Waals surface area (Å²) in [4.78, 5) is 10.5. The van der Waals surface area contributed by atoms with Crippen LogP contribution in [0.15, 0.2) is 24.3 Å². The van der Waals surface area contributed by atoms with Crippen molar-refractivity contribution >= 4 is 30.9 Å². The Labute approximate surface area is 115 Å². The van der Waals surface area contributed by atoms with Gasteiger partial charge < -0.3 is 22.4 Å². The van der Waals surface area contributed by atoms with Crippen LogP contribution in [0, 0.1) is 7.43 Å². The van der Waals surface area contributed by atoms with Crippen molar-refractivity contribution in [3.8, 4) is 0 Å². The number of hydrogen-bond donors (Lipinski definition) is 1. The number of nitrogens with two attached hydrogens (primary N) is 1. The third-order valence-electron chi connectivity index (χ3n) is 2.05. The molecule has 0 amide bonds. The number of para-hydroxylation sites is 1. The number of anilines is 1. The molecule has 0 bridgehead atoms. The molecule has 0 fully saturated rings. The minimum Gasteiger partial charge on any atom is -0.473 e. The number of aromatic nitrogens is 1. The molecule has 1 heterocycles. The van der Waals surface area contributed by atoms with Gasteiger partial charge in [0.2, 0.25) is 7.98 Å². The van der Waals surface area contributed by atoms with E-state index in [1.54, 1.807) is 12.4 Å². The second-order valence-corrected chi connectivity index (χ2v) is 2.75. The van der Waals surface area contributed by atoms with E-state index in [2.05, 4.69) is 0 Å². The minimum absolute atomic E-state index is 0. The van der Waals surface area contributed by atoms with E-state index >= 15 is 0 Å². The summed E-state index contributed by atoms with van der Waals surface area (Å²) in [6, 6.07) is 7.29. The predicted octanol–water partition coefficient (Wildman–Crippen LogP) is 1.06. The Morgan fingerprint density at radius 1 is 1.33 bits per heavy atom. The molecular weight excluding hydrogens is 264 g/mol. The van der Waals surface area contributed by atoms with Gasteiger partial charge in [-0.25, -0.2) is 0 Å². The van der Waals surface area contributed by atoms with Gasteiger partial charge in [-0.1, -0.05) is 35.0 Å². The van der Waals surface area contributed by atoms with Gasteiger partial charge in [0.25, 0.3) is 0 Å². The van der Waals surface area contributed by atoms with Crippen molar-refractivity contribution in [3.05, 3.63) is 37.4 Å². The van der Waals surface area contributed by atoms with Gasteiger partial charge in [-0.3, -0.25) is 0 Å². The summed E-state index contributed by atoms with van der Waals surface area (Å²) in [6.07, 6.45) is 1.72. The molecule has 0 aliphatic heterocycles. The van der Waals surface area contributed by atoms with Crippen LogP contribution >= 0.6 is 0 Å². The number of hydrogen-bond acceptors (Lipinski definition) is 2. The van der Waals surface area contributed by atoms with Gasteiger partial charge in [0, 0.05) is 44.5 Å². The number of rotatable bonds is 1. The monoisotopic (exact) mass is 273 g/mol. The quantitative estimate of drug-likeness (QED) is 0.623. The Bertz CT molecular complexity index is 442. The molecule has 2 rings (SSSR count). The van der Waals surface area contributed by atoms with E-state index in [0.717, 1.165) is 10.9 Å². The maximum Gasteiger partial charge on any atom is 0.230 e. The second-order valence-electron chi connectivity index (χ2n) is 2.75. The largest absolute Gasteiger partial charge is 0.473 e. The van der Waals surface area contributed by atoms with Gasteiger partial charge in [0.1, 0.15) is 0 Å². The van der Waals surface area contributed by atoms with Crippen molar-refractivity contribution < 1.29 is 37.5 Å². The van der Waals surface area contributed by atoms with Crippen LogP contribution in [0.4, 0.5) is 5.69 Å². The van der Waals surface area contributed by atoms with Crippen molar-refractivity contribution in [2.45, 2.75) is 0 Å². The fraction of sp³-hybridized carbons (Fsp3) is 0. The standard InChI is InChI=1S/C9H6BN2O.CH3.Y/c10-12-7-4-2-1-3-6(7)9(11)8(12)5-13;;/h1-4H,11H2;1H3;/q2*-1;. The van der Waals surface area contributed by atoms with Crippen LogP contribution < -0.4 is 5.73 Å². The van der Waals surface area contributed by atoms with Gasteiger partial charge in [-0.15, -0.1) is 0 Å². The zero-order valence-electron chi connectivity index (χ0n) is 8.40. The van der Waals surface area contributed by atoms with E-state index in [-0.39, 0.29) is 45.8 Å². The van der Waals surface area contributed by atoms with Gasteiger partial charge in [0.15, 0.2) is 0 Å².